The molecule has 4 aliphatic rings. The number of fused-ring (bicyclic) bond motifs is 5. The fraction of sp³-hybridized carbons (Fsp3) is 0.900. The Balaban J connectivity index is 1.67. The summed E-state index contributed by atoms with van der Waals surface area (Å²) in [6, 6.07) is 0. The zero-order chi connectivity index (χ0) is 14.8. The molecule has 21 heavy (non-hydrogen) atoms. The molecule has 3 saturated carbocycles. The fourth-order valence-corrected chi connectivity index (χ4v) is 6.97. The maximum atomic E-state index is 10.0. The monoisotopic (exact) mass is 288 g/mol. The van der Waals surface area contributed by atoms with Crippen molar-refractivity contribution in [3.63, 3.8) is 0 Å². The summed E-state index contributed by atoms with van der Waals surface area (Å²) >= 11 is 0. The van der Waals surface area contributed by atoms with E-state index in [0.29, 0.717) is 10.8 Å². The van der Waals surface area contributed by atoms with Crippen LogP contribution in [0.4, 0.5) is 0 Å². The SMILES string of the molecule is C[C@H]1CC[C@H]2[C@@H]3CCC4=CC(O)CC[C@]4(C)[C@H]3CC[C@]12C. The summed E-state index contributed by atoms with van der Waals surface area (Å²) in [7, 11) is 0. The van der Waals surface area contributed by atoms with Crippen LogP contribution in [0.3, 0.4) is 0 Å². The molecule has 1 unspecified atom stereocenters. The minimum Gasteiger partial charge on any atom is -0.389 e. The summed E-state index contributed by atoms with van der Waals surface area (Å²) in [4.78, 5) is 0. The first-order chi connectivity index (χ1) is 9.95. The fourth-order valence-electron chi connectivity index (χ4n) is 6.97. The number of aliphatic hydroxyl groups excluding tert-OH is 1. The standard InChI is InChI=1S/C20H32O/c1-13-4-7-17-16-6-5-14-12-15(21)8-10-20(14,3)18(16)9-11-19(13,17)2/h12-13,15-18,21H,4-11H2,1-3H3/t13-,15?,16-,17-,18-,19+,20-/m0/s1. The summed E-state index contributed by atoms with van der Waals surface area (Å²) < 4.78 is 0. The number of rotatable bonds is 0. The summed E-state index contributed by atoms with van der Waals surface area (Å²) in [6.45, 7) is 7.64. The smallest absolute Gasteiger partial charge is 0.0724 e. The first-order valence-corrected chi connectivity index (χ1v) is 9.34. The normalized spacial score (nSPS) is 56.2. The highest BCUT2D eigenvalue weighted by Crippen LogP contribution is 2.66. The number of aliphatic hydroxyl groups is 1. The summed E-state index contributed by atoms with van der Waals surface area (Å²) in [5.41, 5.74) is 2.65. The van der Waals surface area contributed by atoms with Gasteiger partial charge in [-0.3, -0.25) is 0 Å². The molecule has 118 valence electrons. The van der Waals surface area contributed by atoms with Crippen LogP contribution < -0.4 is 0 Å². The molecule has 4 aliphatic carbocycles. The summed E-state index contributed by atoms with van der Waals surface area (Å²) in [5.74, 6) is 3.78. The molecule has 0 heterocycles. The second-order valence-corrected chi connectivity index (χ2v) is 9.15. The third-order valence-electron chi connectivity index (χ3n) is 8.56. The maximum absolute atomic E-state index is 10.0. The van der Waals surface area contributed by atoms with Gasteiger partial charge in [0.2, 0.25) is 0 Å². The Labute approximate surface area is 130 Å². The van der Waals surface area contributed by atoms with Crippen molar-refractivity contribution in [1.82, 2.24) is 0 Å². The number of allylic oxidation sites excluding steroid dienone is 1. The Hall–Kier alpha value is -0.300. The van der Waals surface area contributed by atoms with Crippen LogP contribution in [0, 0.1) is 34.5 Å². The quantitative estimate of drug-likeness (QED) is 0.626. The van der Waals surface area contributed by atoms with E-state index in [0.717, 1.165) is 30.1 Å². The lowest BCUT2D eigenvalue weighted by atomic mass is 9.47. The van der Waals surface area contributed by atoms with Gasteiger partial charge >= 0.3 is 0 Å². The van der Waals surface area contributed by atoms with Crippen molar-refractivity contribution in [2.75, 3.05) is 0 Å². The first-order valence-electron chi connectivity index (χ1n) is 9.34. The molecule has 0 aromatic rings. The highest BCUT2D eigenvalue weighted by atomic mass is 16.3. The molecule has 1 nitrogen and oxygen atoms in total. The first kappa shape index (κ1) is 14.3. The molecule has 3 fully saturated rings. The van der Waals surface area contributed by atoms with E-state index in [1.165, 1.54) is 44.9 Å². The number of hydrogen-bond donors (Lipinski definition) is 1. The minimum atomic E-state index is -0.162. The van der Waals surface area contributed by atoms with Crippen LogP contribution >= 0.6 is 0 Å². The van der Waals surface area contributed by atoms with E-state index >= 15 is 0 Å². The van der Waals surface area contributed by atoms with Gasteiger partial charge in [0.25, 0.3) is 0 Å². The topological polar surface area (TPSA) is 20.2 Å². The largest absolute Gasteiger partial charge is 0.389 e. The van der Waals surface area contributed by atoms with Crippen LogP contribution in [0.15, 0.2) is 11.6 Å². The van der Waals surface area contributed by atoms with Gasteiger partial charge in [-0.1, -0.05) is 32.4 Å². The molecule has 1 N–H and O–H groups in total. The molecule has 1 heteroatoms. The van der Waals surface area contributed by atoms with Gasteiger partial charge in [0.1, 0.15) is 0 Å². The average Bonchev–Trinajstić information content (AvgIpc) is 2.76. The molecular weight excluding hydrogens is 256 g/mol. The van der Waals surface area contributed by atoms with Gasteiger partial charge in [0.05, 0.1) is 6.10 Å². The van der Waals surface area contributed by atoms with Crippen molar-refractivity contribution in [2.45, 2.75) is 78.2 Å². The lowest BCUT2D eigenvalue weighted by Crippen LogP contribution is -2.50. The third kappa shape index (κ3) is 1.85. The van der Waals surface area contributed by atoms with Gasteiger partial charge in [-0.15, -0.1) is 0 Å². The highest BCUT2D eigenvalue weighted by Gasteiger charge is 2.57. The second kappa shape index (κ2) is 4.60. The van der Waals surface area contributed by atoms with Crippen molar-refractivity contribution >= 4 is 0 Å². The molecule has 4 rings (SSSR count). The lowest BCUT2D eigenvalue weighted by Gasteiger charge is -2.58. The van der Waals surface area contributed by atoms with Crippen LogP contribution in [0.2, 0.25) is 0 Å². The Morgan fingerprint density at radius 2 is 1.81 bits per heavy atom. The van der Waals surface area contributed by atoms with E-state index < -0.39 is 0 Å². The van der Waals surface area contributed by atoms with Crippen LogP contribution in [0.25, 0.3) is 0 Å². The van der Waals surface area contributed by atoms with E-state index in [4.69, 9.17) is 0 Å². The van der Waals surface area contributed by atoms with Gasteiger partial charge in [-0.2, -0.15) is 0 Å². The lowest BCUT2D eigenvalue weighted by molar-refractivity contribution is -0.0528. The summed E-state index contributed by atoms with van der Waals surface area (Å²) in [5, 5.41) is 10.0. The predicted molar refractivity (Wildman–Crippen MR) is 86.9 cm³/mol. The van der Waals surface area contributed by atoms with Crippen molar-refractivity contribution < 1.29 is 5.11 Å². The van der Waals surface area contributed by atoms with Crippen LogP contribution in [-0.4, -0.2) is 11.2 Å². The van der Waals surface area contributed by atoms with Crippen molar-refractivity contribution in [2.24, 2.45) is 34.5 Å². The van der Waals surface area contributed by atoms with E-state index in [9.17, 15) is 5.11 Å². The molecule has 7 atom stereocenters. The average molecular weight is 288 g/mol. The molecule has 0 aromatic carbocycles. The zero-order valence-electron chi connectivity index (χ0n) is 14.1. The van der Waals surface area contributed by atoms with Gasteiger partial charge in [0, 0.05) is 0 Å². The molecule has 0 aromatic heterocycles. The van der Waals surface area contributed by atoms with Gasteiger partial charge in [-0.25, -0.2) is 0 Å². The summed E-state index contributed by atoms with van der Waals surface area (Å²) in [6.07, 6.45) is 12.8. The van der Waals surface area contributed by atoms with Crippen LogP contribution in [0.1, 0.15) is 72.1 Å². The molecule has 0 radical (unpaired) electrons. The zero-order valence-corrected chi connectivity index (χ0v) is 14.1. The minimum absolute atomic E-state index is 0.162. The molecular formula is C20H32O. The Morgan fingerprint density at radius 1 is 1.00 bits per heavy atom. The van der Waals surface area contributed by atoms with Crippen molar-refractivity contribution in [1.29, 1.82) is 0 Å². The molecule has 0 bridgehead atoms. The second-order valence-electron chi connectivity index (χ2n) is 9.15. The Kier molecular flexibility index (Phi) is 3.13. The molecule has 0 spiro atoms. The predicted octanol–water partition coefficient (Wildman–Crippen LogP) is 4.95. The van der Waals surface area contributed by atoms with Gasteiger partial charge < -0.3 is 5.11 Å². The van der Waals surface area contributed by atoms with E-state index in [1.807, 2.05) is 0 Å². The third-order valence-corrected chi connectivity index (χ3v) is 8.56. The highest BCUT2D eigenvalue weighted by molar-refractivity contribution is 5.25. The van der Waals surface area contributed by atoms with Crippen molar-refractivity contribution in [3.8, 4) is 0 Å². The van der Waals surface area contributed by atoms with Crippen LogP contribution in [-0.2, 0) is 0 Å². The van der Waals surface area contributed by atoms with Crippen LogP contribution in [0.5, 0.6) is 0 Å². The van der Waals surface area contributed by atoms with Gasteiger partial charge in [-0.05, 0) is 85.9 Å². The molecule has 0 saturated heterocycles. The Morgan fingerprint density at radius 3 is 2.62 bits per heavy atom. The Bertz CT molecular complexity index is 466. The van der Waals surface area contributed by atoms with Crippen molar-refractivity contribution in [3.05, 3.63) is 11.6 Å². The van der Waals surface area contributed by atoms with E-state index in [2.05, 4.69) is 26.8 Å². The molecule has 0 aliphatic heterocycles. The van der Waals surface area contributed by atoms with E-state index in [-0.39, 0.29) is 6.10 Å². The van der Waals surface area contributed by atoms with E-state index in [1.54, 1.807) is 5.57 Å². The maximum Gasteiger partial charge on any atom is 0.0724 e. The molecule has 0 amide bonds. The number of hydrogen-bond acceptors (Lipinski definition) is 1. The van der Waals surface area contributed by atoms with Gasteiger partial charge in [0.15, 0.2) is 0 Å².